The van der Waals surface area contributed by atoms with E-state index in [4.69, 9.17) is 0 Å². The predicted molar refractivity (Wildman–Crippen MR) is 96.7 cm³/mol. The van der Waals surface area contributed by atoms with Crippen LogP contribution in [-0.4, -0.2) is 0 Å². The van der Waals surface area contributed by atoms with Crippen LogP contribution < -0.4 is 24.8 Å². The van der Waals surface area contributed by atoms with E-state index in [0.29, 0.717) is 3.63 Å². The van der Waals surface area contributed by atoms with E-state index in [2.05, 4.69) is 84.9 Å². The molecule has 0 amide bonds. The monoisotopic (exact) mass is 451 g/mol. The first-order valence-electron chi connectivity index (χ1n) is 8.25. The zero-order chi connectivity index (χ0) is 16.1. The maximum absolute atomic E-state index is 2.33. The number of halogens is 2. The Morgan fingerprint density at radius 1 is 0.577 bits per heavy atom. The molecule has 0 radical (unpaired) electrons. The molecule has 0 bridgehead atoms. The van der Waals surface area contributed by atoms with Gasteiger partial charge in [-0.05, 0) is 0 Å². The summed E-state index contributed by atoms with van der Waals surface area (Å²) in [7, 11) is 0. The molecule has 1 aliphatic rings. The van der Waals surface area contributed by atoms with Gasteiger partial charge in [-0.25, -0.2) is 0 Å². The molecule has 0 saturated carbocycles. The fourth-order valence-corrected chi connectivity index (χ4v) is 5.25. The van der Waals surface area contributed by atoms with Crippen LogP contribution in [0.4, 0.5) is 0 Å². The molecule has 1 unspecified atom stereocenters. The fraction of sp³-hybridized carbons (Fsp3) is 0.0435. The molecular formula is C23H15Cl2Zr. The molecule has 125 valence electrons. The van der Waals surface area contributed by atoms with E-state index < -0.39 is 0 Å². The van der Waals surface area contributed by atoms with Crippen molar-refractivity contribution >= 4 is 10.8 Å². The Labute approximate surface area is 181 Å². The molecule has 3 heteroatoms. The van der Waals surface area contributed by atoms with Crippen LogP contribution >= 0.6 is 0 Å². The minimum absolute atomic E-state index is 0. The molecule has 0 saturated heterocycles. The quantitative estimate of drug-likeness (QED) is 0.385. The summed E-state index contributed by atoms with van der Waals surface area (Å²) in [4.78, 5) is 0. The minimum atomic E-state index is 0. The average Bonchev–Trinajstić information content (AvgIpc) is 2.95. The zero-order valence-corrected chi connectivity index (χ0v) is 17.9. The summed E-state index contributed by atoms with van der Waals surface area (Å²) < 4.78 is 0.533. The zero-order valence-electron chi connectivity index (χ0n) is 13.9. The molecule has 4 aromatic rings. The summed E-state index contributed by atoms with van der Waals surface area (Å²) in [5.74, 6) is 0. The van der Waals surface area contributed by atoms with Crippen LogP contribution in [0.1, 0.15) is 14.8 Å². The van der Waals surface area contributed by atoms with Gasteiger partial charge in [0.2, 0.25) is 0 Å². The Morgan fingerprint density at radius 2 is 1.23 bits per heavy atom. The predicted octanol–water partition coefficient (Wildman–Crippen LogP) is 0.131. The summed E-state index contributed by atoms with van der Waals surface area (Å²) in [5.41, 5.74) is 8.53. The van der Waals surface area contributed by atoms with Crippen LogP contribution in [-0.2, 0) is 24.7 Å². The number of hydrogen-bond acceptors (Lipinski definition) is 0. The Bertz CT molecular complexity index is 1090. The summed E-state index contributed by atoms with van der Waals surface area (Å²) in [6, 6.07) is 31.1. The van der Waals surface area contributed by atoms with Crippen LogP contribution in [0, 0.1) is 0 Å². The van der Waals surface area contributed by atoms with Gasteiger partial charge in [-0.1, -0.05) is 0 Å². The second-order valence-corrected chi connectivity index (χ2v) is 7.77. The third-order valence-corrected chi connectivity index (χ3v) is 6.49. The molecule has 0 aromatic heterocycles. The summed E-state index contributed by atoms with van der Waals surface area (Å²) in [6.07, 6.45) is 0. The first-order chi connectivity index (χ1) is 11.8. The Hall–Kier alpha value is -1.40. The van der Waals surface area contributed by atoms with Gasteiger partial charge in [-0.2, -0.15) is 0 Å². The van der Waals surface area contributed by atoms with Gasteiger partial charge in [0.25, 0.3) is 0 Å². The van der Waals surface area contributed by atoms with Gasteiger partial charge >= 0.3 is 157 Å². The Morgan fingerprint density at radius 3 is 2.08 bits per heavy atom. The van der Waals surface area contributed by atoms with Gasteiger partial charge in [0.1, 0.15) is 0 Å². The second kappa shape index (κ2) is 7.69. The molecular weight excluding hydrogens is 438 g/mol. The number of fused-ring (bicyclic) bond motifs is 4. The molecule has 0 spiro atoms. The van der Waals surface area contributed by atoms with E-state index in [0.717, 1.165) is 0 Å². The molecule has 0 nitrogen and oxygen atoms in total. The van der Waals surface area contributed by atoms with E-state index in [1.807, 2.05) is 0 Å². The molecule has 0 heterocycles. The van der Waals surface area contributed by atoms with Crippen molar-refractivity contribution in [2.24, 2.45) is 0 Å². The SMILES string of the molecule is [Cl-].[Cl-].[Zr+2][CH]1c2ccccc2-c2cccc(-c3ccc4ccccc4c3)c21. The normalized spacial score (nSPS) is 14.2. The third kappa shape index (κ3) is 2.97. The van der Waals surface area contributed by atoms with Crippen LogP contribution in [0.25, 0.3) is 33.0 Å². The first-order valence-corrected chi connectivity index (χ1v) is 9.67. The maximum atomic E-state index is 2.33. The van der Waals surface area contributed by atoms with Crippen molar-refractivity contribution in [3.8, 4) is 22.3 Å². The molecule has 0 fully saturated rings. The van der Waals surface area contributed by atoms with Crippen LogP contribution in [0.5, 0.6) is 0 Å². The second-order valence-electron chi connectivity index (χ2n) is 6.35. The van der Waals surface area contributed by atoms with Gasteiger partial charge in [-0.3, -0.25) is 0 Å². The van der Waals surface area contributed by atoms with Gasteiger partial charge in [0.15, 0.2) is 0 Å². The van der Waals surface area contributed by atoms with Crippen LogP contribution in [0.3, 0.4) is 0 Å². The molecule has 1 aliphatic carbocycles. The summed E-state index contributed by atoms with van der Waals surface area (Å²) in [6.45, 7) is 0. The van der Waals surface area contributed by atoms with Gasteiger partial charge < -0.3 is 24.8 Å². The standard InChI is InChI=1S/C23H15.2ClH.Zr/c1-2-7-17-14-19(13-12-16(17)6-1)21-10-5-11-22-20-9-4-3-8-18(20)15-23(21)22;;;/h1-15H;2*1H;/q;;;+2/p-2. The number of hydrogen-bond donors (Lipinski definition) is 0. The van der Waals surface area contributed by atoms with Gasteiger partial charge in [0.05, 0.1) is 0 Å². The topological polar surface area (TPSA) is 0 Å². The van der Waals surface area contributed by atoms with Crippen LogP contribution in [0.15, 0.2) is 84.9 Å². The van der Waals surface area contributed by atoms with Gasteiger partial charge in [0, 0.05) is 0 Å². The van der Waals surface area contributed by atoms with Crippen molar-refractivity contribution in [1.82, 2.24) is 0 Å². The van der Waals surface area contributed by atoms with E-state index >= 15 is 0 Å². The molecule has 4 aromatic carbocycles. The van der Waals surface area contributed by atoms with E-state index in [-0.39, 0.29) is 24.8 Å². The fourth-order valence-electron chi connectivity index (χ4n) is 3.87. The molecule has 0 N–H and O–H groups in total. The molecule has 26 heavy (non-hydrogen) atoms. The average molecular weight is 454 g/mol. The van der Waals surface area contributed by atoms with E-state index in [1.165, 1.54) is 44.2 Å². The molecule has 5 rings (SSSR count). The van der Waals surface area contributed by atoms with Crippen molar-refractivity contribution in [3.05, 3.63) is 96.1 Å². The Kier molecular flexibility index (Phi) is 5.73. The Balaban J connectivity index is 0.000000980. The van der Waals surface area contributed by atoms with Crippen molar-refractivity contribution < 1.29 is 49.5 Å². The van der Waals surface area contributed by atoms with Crippen molar-refractivity contribution in [2.75, 3.05) is 0 Å². The van der Waals surface area contributed by atoms with Crippen molar-refractivity contribution in [1.29, 1.82) is 0 Å². The van der Waals surface area contributed by atoms with Gasteiger partial charge in [-0.15, -0.1) is 0 Å². The summed E-state index contributed by atoms with van der Waals surface area (Å²) in [5, 5.41) is 2.61. The summed E-state index contributed by atoms with van der Waals surface area (Å²) >= 11 is 1.56. The van der Waals surface area contributed by atoms with Crippen LogP contribution in [0.2, 0.25) is 0 Å². The third-order valence-electron chi connectivity index (χ3n) is 5.02. The van der Waals surface area contributed by atoms with Crippen molar-refractivity contribution in [3.63, 3.8) is 0 Å². The molecule has 1 atom stereocenters. The molecule has 0 aliphatic heterocycles. The van der Waals surface area contributed by atoms with E-state index in [9.17, 15) is 0 Å². The van der Waals surface area contributed by atoms with E-state index in [1.54, 1.807) is 24.7 Å². The first kappa shape index (κ1) is 19.4. The number of benzene rings is 4. The van der Waals surface area contributed by atoms with Crippen molar-refractivity contribution in [2.45, 2.75) is 3.63 Å². The number of rotatable bonds is 1.